The summed E-state index contributed by atoms with van der Waals surface area (Å²) in [5.41, 5.74) is 1.76. The Kier molecular flexibility index (Phi) is 4.83. The van der Waals surface area contributed by atoms with Gasteiger partial charge in [-0.05, 0) is 37.8 Å². The van der Waals surface area contributed by atoms with Gasteiger partial charge in [-0.25, -0.2) is 4.98 Å². The second-order valence-corrected chi connectivity index (χ2v) is 6.89. The fourth-order valence-electron chi connectivity index (χ4n) is 2.93. The fraction of sp³-hybridized carbons (Fsp3) is 0.471. The molecule has 2 aromatic heterocycles. The van der Waals surface area contributed by atoms with Crippen molar-refractivity contribution in [1.29, 1.82) is 0 Å². The molecule has 1 aliphatic rings. The minimum absolute atomic E-state index is 0.00992. The van der Waals surface area contributed by atoms with Crippen molar-refractivity contribution in [3.63, 3.8) is 0 Å². The molecule has 3 rings (SSSR count). The highest BCUT2D eigenvalue weighted by Crippen LogP contribution is 2.27. The van der Waals surface area contributed by atoms with Crippen LogP contribution in [-0.4, -0.2) is 22.4 Å². The number of aryl methyl sites for hydroxylation is 1. The van der Waals surface area contributed by atoms with Crippen molar-refractivity contribution in [1.82, 2.24) is 15.3 Å². The second kappa shape index (κ2) is 7.01. The molecule has 0 saturated heterocycles. The molecular weight excluding hydrogens is 294 g/mol. The van der Waals surface area contributed by atoms with Crippen LogP contribution in [0.1, 0.15) is 47.5 Å². The summed E-state index contributed by atoms with van der Waals surface area (Å²) in [5.74, 6) is 0.652. The van der Waals surface area contributed by atoms with Gasteiger partial charge in [0.05, 0.1) is 5.69 Å². The van der Waals surface area contributed by atoms with Gasteiger partial charge in [-0.1, -0.05) is 19.3 Å². The van der Waals surface area contributed by atoms with E-state index in [0.717, 1.165) is 27.7 Å². The molecule has 1 amide bonds. The number of thiazole rings is 1. The second-order valence-electron chi connectivity index (χ2n) is 5.89. The van der Waals surface area contributed by atoms with Crippen molar-refractivity contribution in [3.05, 3.63) is 35.1 Å². The molecule has 0 radical (unpaired) electrons. The summed E-state index contributed by atoms with van der Waals surface area (Å²) in [4.78, 5) is 21.7. The van der Waals surface area contributed by atoms with Crippen LogP contribution in [0.25, 0.3) is 10.6 Å². The number of hydrogen-bond acceptors (Lipinski definition) is 4. The van der Waals surface area contributed by atoms with Gasteiger partial charge in [0.1, 0.15) is 9.88 Å². The van der Waals surface area contributed by atoms with Gasteiger partial charge in [-0.2, -0.15) is 0 Å². The first kappa shape index (κ1) is 15.2. The monoisotopic (exact) mass is 315 g/mol. The Bertz CT molecular complexity index is 633. The maximum Gasteiger partial charge on any atom is 0.263 e. The molecule has 1 aliphatic carbocycles. The van der Waals surface area contributed by atoms with Crippen molar-refractivity contribution in [2.45, 2.75) is 39.0 Å². The minimum Gasteiger partial charge on any atom is -0.351 e. The van der Waals surface area contributed by atoms with Crippen LogP contribution >= 0.6 is 11.3 Å². The zero-order chi connectivity index (χ0) is 15.4. The number of nitrogens with zero attached hydrogens (tertiary/aromatic N) is 2. The van der Waals surface area contributed by atoms with Crippen molar-refractivity contribution in [2.24, 2.45) is 5.92 Å². The number of rotatable bonds is 4. The fourth-order valence-corrected chi connectivity index (χ4v) is 3.90. The first-order valence-electron chi connectivity index (χ1n) is 7.90. The van der Waals surface area contributed by atoms with Crippen LogP contribution in [0.15, 0.2) is 24.5 Å². The molecule has 0 spiro atoms. The molecule has 1 fully saturated rings. The molecule has 0 atom stereocenters. The number of carbonyl (C=O) groups excluding carboxylic acids is 1. The van der Waals surface area contributed by atoms with Gasteiger partial charge in [-0.3, -0.25) is 9.78 Å². The highest BCUT2D eigenvalue weighted by Gasteiger charge is 2.18. The van der Waals surface area contributed by atoms with Crippen LogP contribution in [0.4, 0.5) is 0 Å². The van der Waals surface area contributed by atoms with Crippen LogP contribution in [0.3, 0.4) is 0 Å². The summed E-state index contributed by atoms with van der Waals surface area (Å²) in [6.07, 6.45) is 9.93. The Morgan fingerprint density at radius 1 is 1.36 bits per heavy atom. The molecular formula is C17H21N3OS. The third-order valence-electron chi connectivity index (χ3n) is 4.19. The average Bonchev–Trinajstić information content (AvgIpc) is 2.96. The zero-order valence-electron chi connectivity index (χ0n) is 12.8. The minimum atomic E-state index is 0.00992. The van der Waals surface area contributed by atoms with E-state index in [9.17, 15) is 4.79 Å². The number of carbonyl (C=O) groups is 1. The van der Waals surface area contributed by atoms with Crippen LogP contribution < -0.4 is 5.32 Å². The van der Waals surface area contributed by atoms with Crippen LogP contribution in [0.5, 0.6) is 0 Å². The number of nitrogens with one attached hydrogen (secondary N) is 1. The van der Waals surface area contributed by atoms with Gasteiger partial charge in [0.25, 0.3) is 5.91 Å². The summed E-state index contributed by atoms with van der Waals surface area (Å²) in [6, 6.07) is 3.85. The quantitative estimate of drug-likeness (QED) is 0.933. The van der Waals surface area contributed by atoms with Crippen molar-refractivity contribution >= 4 is 17.2 Å². The average molecular weight is 315 g/mol. The highest BCUT2D eigenvalue weighted by molar-refractivity contribution is 7.17. The summed E-state index contributed by atoms with van der Waals surface area (Å²) < 4.78 is 0. The maximum absolute atomic E-state index is 12.4. The van der Waals surface area contributed by atoms with Gasteiger partial charge in [0.15, 0.2) is 0 Å². The molecule has 4 nitrogen and oxygen atoms in total. The van der Waals surface area contributed by atoms with E-state index >= 15 is 0 Å². The SMILES string of the molecule is Cc1nc(-c2cccnc2)sc1C(=O)NCC1CCCCC1. The largest absolute Gasteiger partial charge is 0.351 e. The number of amides is 1. The van der Waals surface area contributed by atoms with Crippen LogP contribution in [-0.2, 0) is 0 Å². The van der Waals surface area contributed by atoms with E-state index in [1.807, 2.05) is 19.1 Å². The van der Waals surface area contributed by atoms with Gasteiger partial charge in [-0.15, -0.1) is 11.3 Å². The van der Waals surface area contributed by atoms with Gasteiger partial charge in [0, 0.05) is 24.5 Å². The van der Waals surface area contributed by atoms with Crippen LogP contribution in [0, 0.1) is 12.8 Å². The first-order chi connectivity index (χ1) is 10.7. The Labute approximate surface area is 135 Å². The zero-order valence-corrected chi connectivity index (χ0v) is 13.7. The molecule has 1 N–H and O–H groups in total. The van der Waals surface area contributed by atoms with E-state index in [0.29, 0.717) is 5.92 Å². The van der Waals surface area contributed by atoms with Gasteiger partial charge >= 0.3 is 0 Å². The maximum atomic E-state index is 12.4. The van der Waals surface area contributed by atoms with Crippen molar-refractivity contribution < 1.29 is 4.79 Å². The highest BCUT2D eigenvalue weighted by atomic mass is 32.1. The lowest BCUT2D eigenvalue weighted by atomic mass is 9.89. The van der Waals surface area contributed by atoms with E-state index in [1.165, 1.54) is 43.4 Å². The summed E-state index contributed by atoms with van der Waals surface area (Å²) >= 11 is 1.44. The Balaban J connectivity index is 1.66. The predicted molar refractivity (Wildman–Crippen MR) is 89.0 cm³/mol. The molecule has 0 unspecified atom stereocenters. The Morgan fingerprint density at radius 3 is 2.91 bits per heavy atom. The number of pyridine rings is 1. The summed E-state index contributed by atoms with van der Waals surface area (Å²) in [7, 11) is 0. The summed E-state index contributed by atoms with van der Waals surface area (Å²) in [5, 5.41) is 3.95. The molecule has 2 heterocycles. The van der Waals surface area contributed by atoms with Gasteiger partial charge in [0.2, 0.25) is 0 Å². The normalized spacial score (nSPS) is 15.7. The molecule has 0 aromatic carbocycles. The van der Waals surface area contributed by atoms with E-state index in [4.69, 9.17) is 0 Å². The van der Waals surface area contributed by atoms with E-state index in [2.05, 4.69) is 15.3 Å². The molecule has 0 bridgehead atoms. The summed E-state index contributed by atoms with van der Waals surface area (Å²) in [6.45, 7) is 2.68. The third-order valence-corrected chi connectivity index (χ3v) is 5.39. The standard InChI is InChI=1S/C17H21N3OS/c1-12-15(16(21)19-10-13-6-3-2-4-7-13)22-17(20-12)14-8-5-9-18-11-14/h5,8-9,11,13H,2-4,6-7,10H2,1H3,(H,19,21). The Hall–Kier alpha value is -1.75. The molecule has 5 heteroatoms. The smallest absolute Gasteiger partial charge is 0.263 e. The van der Waals surface area contributed by atoms with E-state index < -0.39 is 0 Å². The molecule has 0 aliphatic heterocycles. The Morgan fingerprint density at radius 2 is 2.18 bits per heavy atom. The topological polar surface area (TPSA) is 54.9 Å². The lowest BCUT2D eigenvalue weighted by Gasteiger charge is -2.21. The molecule has 116 valence electrons. The lowest BCUT2D eigenvalue weighted by molar-refractivity contribution is 0.0947. The predicted octanol–water partition coefficient (Wildman–Crippen LogP) is 3.82. The molecule has 2 aromatic rings. The van der Waals surface area contributed by atoms with Crippen LogP contribution in [0.2, 0.25) is 0 Å². The van der Waals surface area contributed by atoms with Crippen molar-refractivity contribution in [2.75, 3.05) is 6.54 Å². The molecule has 1 saturated carbocycles. The first-order valence-corrected chi connectivity index (χ1v) is 8.71. The molecule has 22 heavy (non-hydrogen) atoms. The van der Waals surface area contributed by atoms with E-state index in [1.54, 1.807) is 12.4 Å². The van der Waals surface area contributed by atoms with Crippen molar-refractivity contribution in [3.8, 4) is 10.6 Å². The lowest BCUT2D eigenvalue weighted by Crippen LogP contribution is -2.30. The third kappa shape index (κ3) is 3.53. The number of hydrogen-bond donors (Lipinski definition) is 1. The van der Waals surface area contributed by atoms with Gasteiger partial charge < -0.3 is 5.32 Å². The van der Waals surface area contributed by atoms with E-state index in [-0.39, 0.29) is 5.91 Å². The number of aromatic nitrogens is 2.